The van der Waals surface area contributed by atoms with Crippen LogP contribution < -0.4 is 5.32 Å². The molecular formula is C16H22N4O2. The van der Waals surface area contributed by atoms with Crippen molar-refractivity contribution in [1.29, 1.82) is 0 Å². The van der Waals surface area contributed by atoms with Crippen molar-refractivity contribution in [3.63, 3.8) is 0 Å². The van der Waals surface area contributed by atoms with E-state index in [-0.39, 0.29) is 12.1 Å². The summed E-state index contributed by atoms with van der Waals surface area (Å²) in [7, 11) is 0. The fraction of sp³-hybridized carbons (Fsp3) is 0.500. The number of hydrogen-bond donors (Lipinski definition) is 2. The molecule has 0 bridgehead atoms. The van der Waals surface area contributed by atoms with Crippen LogP contribution in [0.1, 0.15) is 27.2 Å². The van der Waals surface area contributed by atoms with Crippen molar-refractivity contribution in [3.05, 3.63) is 24.4 Å². The third kappa shape index (κ3) is 3.16. The average molecular weight is 302 g/mol. The molecule has 3 rings (SSSR count). The molecule has 118 valence electrons. The van der Waals surface area contributed by atoms with Crippen LogP contribution in [-0.2, 0) is 4.74 Å². The van der Waals surface area contributed by atoms with Crippen molar-refractivity contribution in [3.8, 4) is 0 Å². The molecule has 1 aliphatic rings. The molecule has 6 nitrogen and oxygen atoms in total. The summed E-state index contributed by atoms with van der Waals surface area (Å²) in [6, 6.07) is 6.25. The molecule has 0 aliphatic carbocycles. The second-order valence-electron chi connectivity index (χ2n) is 6.69. The van der Waals surface area contributed by atoms with E-state index in [0.29, 0.717) is 13.1 Å². The topological polar surface area (TPSA) is 70.2 Å². The Morgan fingerprint density at radius 1 is 1.45 bits per heavy atom. The maximum absolute atomic E-state index is 12.1. The van der Waals surface area contributed by atoms with Crippen LogP contribution in [0.25, 0.3) is 10.9 Å². The molecule has 2 N–H and O–H groups in total. The number of nitrogens with zero attached hydrogens (tertiary/aromatic N) is 2. The maximum atomic E-state index is 12.1. The first-order valence-corrected chi connectivity index (χ1v) is 7.59. The highest BCUT2D eigenvalue weighted by atomic mass is 16.6. The van der Waals surface area contributed by atoms with Gasteiger partial charge in [0.1, 0.15) is 5.60 Å². The quantitative estimate of drug-likeness (QED) is 0.894. The zero-order valence-electron chi connectivity index (χ0n) is 13.2. The van der Waals surface area contributed by atoms with E-state index < -0.39 is 5.60 Å². The van der Waals surface area contributed by atoms with Crippen LogP contribution in [0.4, 0.5) is 10.5 Å². The van der Waals surface area contributed by atoms with Gasteiger partial charge in [0.25, 0.3) is 0 Å². The molecule has 1 aliphatic heterocycles. The van der Waals surface area contributed by atoms with Crippen LogP contribution >= 0.6 is 0 Å². The zero-order chi connectivity index (χ0) is 15.7. The maximum Gasteiger partial charge on any atom is 0.410 e. The van der Waals surface area contributed by atoms with E-state index in [9.17, 15) is 4.79 Å². The Bertz CT molecular complexity index is 674. The highest BCUT2D eigenvalue weighted by Crippen LogP contribution is 2.24. The Morgan fingerprint density at radius 3 is 3.05 bits per heavy atom. The lowest BCUT2D eigenvalue weighted by Crippen LogP contribution is -2.36. The summed E-state index contributed by atoms with van der Waals surface area (Å²) in [5, 5.41) is 11.6. The fourth-order valence-electron chi connectivity index (χ4n) is 2.68. The molecule has 22 heavy (non-hydrogen) atoms. The highest BCUT2D eigenvalue weighted by molar-refractivity contribution is 5.91. The van der Waals surface area contributed by atoms with Gasteiger partial charge in [-0.25, -0.2) is 4.79 Å². The van der Waals surface area contributed by atoms with E-state index in [1.165, 1.54) is 0 Å². The van der Waals surface area contributed by atoms with Crippen molar-refractivity contribution in [1.82, 2.24) is 15.1 Å². The summed E-state index contributed by atoms with van der Waals surface area (Å²) in [6.07, 6.45) is 2.49. The minimum absolute atomic E-state index is 0.230. The number of carbonyl (C=O) groups is 1. The van der Waals surface area contributed by atoms with Crippen LogP contribution in [0, 0.1) is 0 Å². The number of H-pyrrole nitrogens is 1. The SMILES string of the molecule is CC(C)(C)OC(=O)N1CCC(Nc2cccc3[nH]ncc23)C1. The Balaban J connectivity index is 1.64. The summed E-state index contributed by atoms with van der Waals surface area (Å²) >= 11 is 0. The van der Waals surface area contributed by atoms with Crippen LogP contribution in [0.3, 0.4) is 0 Å². The third-order valence-electron chi connectivity index (χ3n) is 3.68. The Morgan fingerprint density at radius 2 is 2.27 bits per heavy atom. The molecular weight excluding hydrogens is 280 g/mol. The van der Waals surface area contributed by atoms with Crippen molar-refractivity contribution >= 4 is 22.7 Å². The first-order valence-electron chi connectivity index (χ1n) is 7.59. The van der Waals surface area contributed by atoms with E-state index in [1.807, 2.05) is 45.2 Å². The van der Waals surface area contributed by atoms with E-state index in [4.69, 9.17) is 4.74 Å². The summed E-state index contributed by atoms with van der Waals surface area (Å²) in [4.78, 5) is 13.9. The number of fused-ring (bicyclic) bond motifs is 1. The molecule has 1 saturated heterocycles. The van der Waals surface area contributed by atoms with Gasteiger partial charge >= 0.3 is 6.09 Å². The predicted octanol–water partition coefficient (Wildman–Crippen LogP) is 2.98. The monoisotopic (exact) mass is 302 g/mol. The number of nitrogens with one attached hydrogen (secondary N) is 2. The molecule has 2 aromatic rings. The van der Waals surface area contributed by atoms with Crippen molar-refractivity contribution in [2.45, 2.75) is 38.8 Å². The lowest BCUT2D eigenvalue weighted by atomic mass is 10.2. The summed E-state index contributed by atoms with van der Waals surface area (Å²) in [6.45, 7) is 7.03. The zero-order valence-corrected chi connectivity index (χ0v) is 13.2. The van der Waals surface area contributed by atoms with Gasteiger partial charge in [-0.3, -0.25) is 5.10 Å². The Labute approximate surface area is 129 Å². The number of aromatic nitrogens is 2. The molecule has 1 atom stereocenters. The number of anilines is 1. The van der Waals surface area contributed by atoms with E-state index >= 15 is 0 Å². The largest absolute Gasteiger partial charge is 0.444 e. The minimum atomic E-state index is -0.453. The molecule has 0 saturated carbocycles. The summed E-state index contributed by atoms with van der Waals surface area (Å²) in [5.74, 6) is 0. The number of benzene rings is 1. The third-order valence-corrected chi connectivity index (χ3v) is 3.68. The van der Waals surface area contributed by atoms with E-state index in [1.54, 1.807) is 4.90 Å². The first kappa shape index (κ1) is 14.7. The molecule has 0 radical (unpaired) electrons. The summed E-state index contributed by atoms with van der Waals surface area (Å²) < 4.78 is 5.42. The van der Waals surface area contributed by atoms with E-state index in [2.05, 4.69) is 15.5 Å². The lowest BCUT2D eigenvalue weighted by molar-refractivity contribution is 0.0293. The molecule has 2 heterocycles. The predicted molar refractivity (Wildman–Crippen MR) is 85.9 cm³/mol. The lowest BCUT2D eigenvalue weighted by Gasteiger charge is -2.24. The molecule has 1 amide bonds. The number of aromatic amines is 1. The van der Waals surface area contributed by atoms with Gasteiger partial charge in [0.15, 0.2) is 0 Å². The first-order chi connectivity index (χ1) is 10.4. The molecule has 1 aromatic heterocycles. The molecule has 1 aromatic carbocycles. The Hall–Kier alpha value is -2.24. The van der Waals surface area contributed by atoms with Gasteiger partial charge in [0.2, 0.25) is 0 Å². The van der Waals surface area contributed by atoms with Gasteiger partial charge < -0.3 is 15.0 Å². The molecule has 1 fully saturated rings. The number of hydrogen-bond acceptors (Lipinski definition) is 4. The van der Waals surface area contributed by atoms with Crippen molar-refractivity contribution in [2.24, 2.45) is 0 Å². The summed E-state index contributed by atoms with van der Waals surface area (Å²) in [5.41, 5.74) is 1.60. The van der Waals surface area contributed by atoms with Gasteiger partial charge in [0, 0.05) is 30.2 Å². The van der Waals surface area contributed by atoms with E-state index in [0.717, 1.165) is 23.0 Å². The molecule has 6 heteroatoms. The van der Waals surface area contributed by atoms with Gasteiger partial charge in [-0.1, -0.05) is 6.07 Å². The van der Waals surface area contributed by atoms with Crippen LogP contribution in [0.5, 0.6) is 0 Å². The average Bonchev–Trinajstić information content (AvgIpc) is 3.05. The standard InChI is InChI=1S/C16H22N4O2/c1-16(2,3)22-15(21)20-8-7-11(10-20)18-13-5-4-6-14-12(13)9-17-19-14/h4-6,9,11,18H,7-8,10H2,1-3H3,(H,17,19). The molecule has 0 spiro atoms. The van der Waals surface area contributed by atoms with Gasteiger partial charge in [-0.2, -0.15) is 5.10 Å². The second kappa shape index (κ2) is 5.51. The molecule has 1 unspecified atom stereocenters. The number of rotatable bonds is 2. The number of amides is 1. The fourth-order valence-corrected chi connectivity index (χ4v) is 2.68. The van der Waals surface area contributed by atoms with Gasteiger partial charge in [-0.15, -0.1) is 0 Å². The second-order valence-corrected chi connectivity index (χ2v) is 6.69. The smallest absolute Gasteiger partial charge is 0.410 e. The van der Waals surface area contributed by atoms with Crippen LogP contribution in [-0.4, -0.2) is 45.9 Å². The van der Waals surface area contributed by atoms with Gasteiger partial charge in [-0.05, 0) is 39.3 Å². The van der Waals surface area contributed by atoms with Crippen LogP contribution in [0.15, 0.2) is 24.4 Å². The van der Waals surface area contributed by atoms with Gasteiger partial charge in [0.05, 0.1) is 11.7 Å². The van der Waals surface area contributed by atoms with Crippen LogP contribution in [0.2, 0.25) is 0 Å². The number of carbonyl (C=O) groups excluding carboxylic acids is 1. The number of likely N-dealkylation sites (tertiary alicyclic amines) is 1. The highest BCUT2D eigenvalue weighted by Gasteiger charge is 2.29. The number of ether oxygens (including phenoxy) is 1. The van der Waals surface area contributed by atoms with Crippen molar-refractivity contribution in [2.75, 3.05) is 18.4 Å². The Kier molecular flexibility index (Phi) is 3.68. The minimum Gasteiger partial charge on any atom is -0.444 e. The normalized spacial score (nSPS) is 18.7. The van der Waals surface area contributed by atoms with Crippen molar-refractivity contribution < 1.29 is 9.53 Å².